The second kappa shape index (κ2) is 11.0. The number of amides is 1. The molecule has 4 N–H and O–H groups in total. The number of aromatic nitrogens is 3. The lowest BCUT2D eigenvalue weighted by atomic mass is 10.0. The maximum Gasteiger partial charge on any atom is 0.387 e. The zero-order chi connectivity index (χ0) is 26.7. The Bertz CT molecular complexity index is 1300. The summed E-state index contributed by atoms with van der Waals surface area (Å²) in [4.78, 5) is 21.6. The fraction of sp³-hybridized carbons (Fsp3) is 0.417. The lowest BCUT2D eigenvalue weighted by molar-refractivity contribution is -0.0498. The van der Waals surface area contributed by atoms with Gasteiger partial charge < -0.3 is 20.7 Å². The van der Waals surface area contributed by atoms with Crippen molar-refractivity contribution >= 4 is 40.8 Å². The van der Waals surface area contributed by atoms with Crippen molar-refractivity contribution in [2.45, 2.75) is 51.8 Å². The molecule has 0 spiro atoms. The van der Waals surface area contributed by atoms with Crippen LogP contribution in [-0.4, -0.2) is 56.8 Å². The topological polar surface area (TPSA) is 117 Å². The minimum atomic E-state index is -3.02. The third kappa shape index (κ3) is 6.34. The number of nitrogens with one attached hydrogen (secondary N) is 4. The Morgan fingerprint density at radius 3 is 2.65 bits per heavy atom. The average Bonchev–Trinajstić information content (AvgIpc) is 3.22. The van der Waals surface area contributed by atoms with Gasteiger partial charge in [-0.1, -0.05) is 0 Å². The summed E-state index contributed by atoms with van der Waals surface area (Å²) in [5.74, 6) is -0.575. The molecule has 0 radical (unpaired) electrons. The maximum absolute atomic E-state index is 13.6. The monoisotopic (exact) mass is 535 g/mol. The van der Waals surface area contributed by atoms with Crippen LogP contribution >= 0.6 is 12.3 Å². The third-order valence-electron chi connectivity index (χ3n) is 5.71. The second-order valence-electron chi connectivity index (χ2n) is 9.70. The highest BCUT2D eigenvalue weighted by Gasteiger charge is 2.24. The summed E-state index contributed by atoms with van der Waals surface area (Å²) in [7, 11) is 0. The Labute approximate surface area is 216 Å². The average molecular weight is 536 g/mol. The predicted octanol–water partition coefficient (Wildman–Crippen LogP) is 4.52. The zero-order valence-electron chi connectivity index (χ0n) is 20.6. The van der Waals surface area contributed by atoms with Crippen LogP contribution in [0.25, 0.3) is 11.2 Å². The van der Waals surface area contributed by atoms with E-state index in [1.807, 2.05) is 20.8 Å². The van der Waals surface area contributed by atoms with E-state index in [1.165, 1.54) is 24.5 Å². The van der Waals surface area contributed by atoms with Crippen molar-refractivity contribution in [2.24, 2.45) is 0 Å². The SMILES string of the molecule is CC(C)(C)NC(=O)c1cn(SF)c2ncc(C(=N)c3cc(OC(F)F)ccc3NC3CCNCC3)nc12. The number of halogens is 3. The third-order valence-corrected chi connectivity index (χ3v) is 6.14. The molecule has 3 aromatic rings. The molecule has 2 aromatic heterocycles. The molecule has 13 heteroatoms. The number of benzene rings is 1. The lowest BCUT2D eigenvalue weighted by Gasteiger charge is -2.26. The van der Waals surface area contributed by atoms with Gasteiger partial charge in [0.2, 0.25) is 0 Å². The van der Waals surface area contributed by atoms with Gasteiger partial charge in [0.15, 0.2) is 18.0 Å². The summed E-state index contributed by atoms with van der Waals surface area (Å²) in [6.45, 7) is 4.08. The van der Waals surface area contributed by atoms with Crippen LogP contribution in [0, 0.1) is 5.41 Å². The molecule has 0 aliphatic carbocycles. The molecule has 1 fully saturated rings. The number of hydrogen-bond donors (Lipinski definition) is 4. The van der Waals surface area contributed by atoms with Crippen molar-refractivity contribution in [2.75, 3.05) is 18.4 Å². The van der Waals surface area contributed by atoms with Crippen LogP contribution in [0.2, 0.25) is 0 Å². The van der Waals surface area contributed by atoms with Gasteiger partial charge in [-0.3, -0.25) is 10.2 Å². The van der Waals surface area contributed by atoms with Crippen LogP contribution < -0.4 is 20.7 Å². The fourth-order valence-corrected chi connectivity index (χ4v) is 4.41. The first-order valence-electron chi connectivity index (χ1n) is 11.7. The van der Waals surface area contributed by atoms with Crippen molar-refractivity contribution in [1.29, 1.82) is 5.41 Å². The molecule has 1 aromatic carbocycles. The number of carbonyl (C=O) groups is 1. The standard InChI is InChI=1S/C24H28F3N7O2S/c1-24(2,3)33-22(35)16-12-34(37-27)21-20(16)32-18(11-30-21)19(28)15-10-14(36-23(25)26)4-5-17(15)31-13-6-8-29-9-7-13/h4-5,10-13,23,28-29,31H,6-9H2,1-3H3,(H,33,35). The Kier molecular flexibility index (Phi) is 7.93. The Morgan fingerprint density at radius 2 is 2.00 bits per heavy atom. The first-order chi connectivity index (χ1) is 17.6. The van der Waals surface area contributed by atoms with Crippen LogP contribution in [0.1, 0.15) is 55.2 Å². The number of anilines is 1. The van der Waals surface area contributed by atoms with E-state index < -0.39 is 18.1 Å². The number of carbonyl (C=O) groups excluding carboxylic acids is 1. The number of piperidine rings is 1. The highest BCUT2D eigenvalue weighted by atomic mass is 32.2. The smallest absolute Gasteiger partial charge is 0.387 e. The zero-order valence-corrected chi connectivity index (χ0v) is 21.4. The number of ether oxygens (including phenoxy) is 1. The van der Waals surface area contributed by atoms with E-state index in [0.29, 0.717) is 5.69 Å². The van der Waals surface area contributed by atoms with Gasteiger partial charge in [0.1, 0.15) is 17.0 Å². The number of hydrogen-bond acceptors (Lipinski definition) is 8. The number of alkyl halides is 2. The fourth-order valence-electron chi connectivity index (χ4n) is 4.07. The summed E-state index contributed by atoms with van der Waals surface area (Å²) in [5.41, 5.74) is 0.586. The van der Waals surface area contributed by atoms with E-state index in [9.17, 15) is 17.5 Å². The molecule has 4 rings (SSSR count). The minimum Gasteiger partial charge on any atom is -0.435 e. The van der Waals surface area contributed by atoms with E-state index in [-0.39, 0.29) is 57.8 Å². The highest BCUT2D eigenvalue weighted by Crippen LogP contribution is 2.29. The van der Waals surface area contributed by atoms with Crippen molar-refractivity contribution in [1.82, 2.24) is 24.6 Å². The molecule has 3 heterocycles. The van der Waals surface area contributed by atoms with Crippen LogP contribution in [0.3, 0.4) is 0 Å². The minimum absolute atomic E-state index is 0.0847. The van der Waals surface area contributed by atoms with Crippen molar-refractivity contribution in [3.05, 3.63) is 47.4 Å². The van der Waals surface area contributed by atoms with Crippen molar-refractivity contribution in [3.8, 4) is 5.75 Å². The largest absolute Gasteiger partial charge is 0.435 e. The summed E-state index contributed by atoms with van der Waals surface area (Å²) in [6, 6.07) is 4.48. The second-order valence-corrected chi connectivity index (χ2v) is 10.2. The van der Waals surface area contributed by atoms with E-state index >= 15 is 0 Å². The predicted molar refractivity (Wildman–Crippen MR) is 137 cm³/mol. The van der Waals surface area contributed by atoms with Gasteiger partial charge in [-0.2, -0.15) is 8.78 Å². The quantitative estimate of drug-likeness (QED) is 0.313. The normalized spacial score (nSPS) is 14.7. The first kappa shape index (κ1) is 26.7. The number of nitrogens with zero attached hydrogens (tertiary/aromatic N) is 3. The molecule has 1 aliphatic rings. The maximum atomic E-state index is 13.6. The number of rotatable bonds is 8. The van der Waals surface area contributed by atoms with Gasteiger partial charge in [0.05, 0.1) is 17.5 Å². The molecule has 0 saturated carbocycles. The molecular formula is C24H28F3N7O2S. The molecule has 0 unspecified atom stereocenters. The van der Waals surface area contributed by atoms with E-state index in [0.717, 1.165) is 29.9 Å². The van der Waals surface area contributed by atoms with Gasteiger partial charge in [0.25, 0.3) is 5.91 Å². The van der Waals surface area contributed by atoms with Crippen molar-refractivity contribution in [3.63, 3.8) is 0 Å². The molecular weight excluding hydrogens is 507 g/mol. The molecule has 1 saturated heterocycles. The Morgan fingerprint density at radius 1 is 1.27 bits per heavy atom. The molecule has 0 atom stereocenters. The van der Waals surface area contributed by atoms with Crippen molar-refractivity contribution < 1.29 is 22.2 Å². The highest BCUT2D eigenvalue weighted by molar-refractivity contribution is 7.92. The molecule has 198 valence electrons. The van der Waals surface area contributed by atoms with E-state index in [2.05, 4.69) is 30.7 Å². The molecule has 1 amide bonds. The van der Waals surface area contributed by atoms with Gasteiger partial charge in [-0.05, 0) is 64.9 Å². The summed E-state index contributed by atoms with van der Waals surface area (Å²) < 4.78 is 45.0. The molecule has 9 nitrogen and oxygen atoms in total. The molecule has 1 aliphatic heterocycles. The molecule has 37 heavy (non-hydrogen) atoms. The van der Waals surface area contributed by atoms with Gasteiger partial charge in [-0.15, -0.1) is 3.89 Å². The Balaban J connectivity index is 1.75. The van der Waals surface area contributed by atoms with E-state index in [4.69, 9.17) is 5.41 Å². The summed E-state index contributed by atoms with van der Waals surface area (Å²) in [5, 5.41) is 18.4. The van der Waals surface area contributed by atoms with Crippen LogP contribution in [0.15, 0.2) is 30.6 Å². The lowest BCUT2D eigenvalue weighted by Crippen LogP contribution is -2.40. The van der Waals surface area contributed by atoms with Gasteiger partial charge >= 0.3 is 6.61 Å². The van der Waals surface area contributed by atoms with E-state index in [1.54, 1.807) is 6.07 Å². The van der Waals surface area contributed by atoms with Crippen LogP contribution in [0.4, 0.5) is 18.4 Å². The van der Waals surface area contributed by atoms with Gasteiger partial charge in [-0.25, -0.2) is 13.9 Å². The summed E-state index contributed by atoms with van der Waals surface area (Å²) in [6.07, 6.45) is 4.30. The van der Waals surface area contributed by atoms with Crippen LogP contribution in [0.5, 0.6) is 5.75 Å². The van der Waals surface area contributed by atoms with Crippen LogP contribution in [-0.2, 0) is 0 Å². The number of fused-ring (bicyclic) bond motifs is 1. The first-order valence-corrected chi connectivity index (χ1v) is 12.4. The summed E-state index contributed by atoms with van der Waals surface area (Å²) >= 11 is -0.128. The molecule has 0 bridgehead atoms. The Hall–Kier alpha value is -3.32. The van der Waals surface area contributed by atoms with Gasteiger partial charge in [0, 0.05) is 29.0 Å².